The number of carbonyl (C=O) groups excluding carboxylic acids is 1. The Kier molecular flexibility index (Phi) is 5.65. The van der Waals surface area contributed by atoms with Crippen molar-refractivity contribution in [1.29, 1.82) is 0 Å². The summed E-state index contributed by atoms with van der Waals surface area (Å²) in [6.45, 7) is 3.88. The Morgan fingerprint density at radius 3 is 2.63 bits per heavy atom. The zero-order valence-corrected chi connectivity index (χ0v) is 12.9. The molecule has 0 bridgehead atoms. The van der Waals surface area contributed by atoms with Gasteiger partial charge in [0.25, 0.3) is 0 Å². The van der Waals surface area contributed by atoms with Crippen LogP contribution in [0.5, 0.6) is 0 Å². The Balaban J connectivity index is 3.30. The molecule has 1 aromatic carbocycles. The second kappa shape index (κ2) is 6.60. The molecule has 0 aliphatic carbocycles. The first-order chi connectivity index (χ1) is 8.85. The van der Waals surface area contributed by atoms with E-state index >= 15 is 0 Å². The van der Waals surface area contributed by atoms with Crippen molar-refractivity contribution in [3.63, 3.8) is 0 Å². The molecule has 0 spiro atoms. The van der Waals surface area contributed by atoms with Crippen LogP contribution in [0.3, 0.4) is 0 Å². The number of esters is 1. The minimum atomic E-state index is -0.607. The summed E-state index contributed by atoms with van der Waals surface area (Å²) in [6, 6.07) is 4.98. The molecule has 106 valence electrons. The van der Waals surface area contributed by atoms with E-state index in [0.29, 0.717) is 10.0 Å². The van der Waals surface area contributed by atoms with E-state index in [1.54, 1.807) is 18.2 Å². The van der Waals surface area contributed by atoms with Gasteiger partial charge in [0.05, 0.1) is 13.5 Å². The molecule has 0 heterocycles. The Hall–Kier alpha value is -0.770. The first-order valence-electron chi connectivity index (χ1n) is 6.13. The van der Waals surface area contributed by atoms with Gasteiger partial charge < -0.3 is 10.5 Å². The third-order valence-electron chi connectivity index (χ3n) is 3.54. The average molecular weight is 304 g/mol. The summed E-state index contributed by atoms with van der Waals surface area (Å²) in [6.07, 6.45) is 0.884. The maximum absolute atomic E-state index is 11.7. The lowest BCUT2D eigenvalue weighted by Gasteiger charge is -2.35. The van der Waals surface area contributed by atoms with Gasteiger partial charge in [-0.2, -0.15) is 0 Å². The zero-order chi connectivity index (χ0) is 14.6. The molecule has 0 aromatic heterocycles. The molecule has 1 aromatic rings. The molecular formula is C14H19Cl2NO2. The van der Waals surface area contributed by atoms with Gasteiger partial charge in [0, 0.05) is 21.5 Å². The fraction of sp³-hybridized carbons (Fsp3) is 0.500. The van der Waals surface area contributed by atoms with Crippen LogP contribution in [0.15, 0.2) is 18.2 Å². The van der Waals surface area contributed by atoms with Crippen LogP contribution in [-0.2, 0) is 14.9 Å². The van der Waals surface area contributed by atoms with Crippen molar-refractivity contribution < 1.29 is 9.53 Å². The van der Waals surface area contributed by atoms with Crippen molar-refractivity contribution in [1.82, 2.24) is 0 Å². The third-order valence-corrected chi connectivity index (χ3v) is 4.11. The number of nitrogens with two attached hydrogens (primary N) is 1. The van der Waals surface area contributed by atoms with Gasteiger partial charge in [-0.3, -0.25) is 4.79 Å². The van der Waals surface area contributed by atoms with Crippen LogP contribution in [0.25, 0.3) is 0 Å². The highest BCUT2D eigenvalue weighted by molar-refractivity contribution is 6.33. The van der Waals surface area contributed by atoms with E-state index in [9.17, 15) is 4.79 Å². The van der Waals surface area contributed by atoms with Gasteiger partial charge in [0.2, 0.25) is 0 Å². The molecule has 2 atom stereocenters. The minimum absolute atomic E-state index is 0.165. The molecule has 3 nitrogen and oxygen atoms in total. The Bertz CT molecular complexity index is 465. The molecule has 19 heavy (non-hydrogen) atoms. The Morgan fingerprint density at radius 1 is 1.47 bits per heavy atom. The number of hydrogen-bond donors (Lipinski definition) is 1. The molecule has 0 saturated carbocycles. The third kappa shape index (κ3) is 3.62. The minimum Gasteiger partial charge on any atom is -0.469 e. The largest absolute Gasteiger partial charge is 0.469 e. The summed E-state index contributed by atoms with van der Waals surface area (Å²) < 4.78 is 4.76. The quantitative estimate of drug-likeness (QED) is 0.846. The van der Waals surface area contributed by atoms with Crippen LogP contribution >= 0.6 is 23.2 Å². The van der Waals surface area contributed by atoms with Crippen molar-refractivity contribution in [3.05, 3.63) is 33.8 Å². The monoisotopic (exact) mass is 303 g/mol. The van der Waals surface area contributed by atoms with Crippen molar-refractivity contribution in [2.75, 3.05) is 7.11 Å². The van der Waals surface area contributed by atoms with Crippen LogP contribution in [0.4, 0.5) is 0 Å². The summed E-state index contributed by atoms with van der Waals surface area (Å²) >= 11 is 12.3. The molecule has 2 N–H and O–H groups in total. The van der Waals surface area contributed by atoms with Gasteiger partial charge >= 0.3 is 5.97 Å². The number of carbonyl (C=O) groups is 1. The van der Waals surface area contributed by atoms with E-state index in [-0.39, 0.29) is 18.4 Å². The maximum atomic E-state index is 11.7. The van der Waals surface area contributed by atoms with Crippen molar-refractivity contribution in [3.8, 4) is 0 Å². The highest BCUT2D eigenvalue weighted by Crippen LogP contribution is 2.38. The number of ether oxygens (including phenoxy) is 1. The second-order valence-corrected chi connectivity index (χ2v) is 5.65. The molecule has 1 rings (SSSR count). The second-order valence-electron chi connectivity index (χ2n) is 4.81. The van der Waals surface area contributed by atoms with E-state index in [1.165, 1.54) is 7.11 Å². The van der Waals surface area contributed by atoms with Gasteiger partial charge in [-0.15, -0.1) is 0 Å². The summed E-state index contributed by atoms with van der Waals surface area (Å²) in [5, 5.41) is 1.12. The summed E-state index contributed by atoms with van der Waals surface area (Å²) in [7, 11) is 1.36. The zero-order valence-electron chi connectivity index (χ0n) is 11.4. The average Bonchev–Trinajstić information content (AvgIpc) is 2.40. The van der Waals surface area contributed by atoms with E-state index in [0.717, 1.165) is 12.0 Å². The fourth-order valence-electron chi connectivity index (χ4n) is 2.18. The number of halogens is 2. The number of hydrogen-bond acceptors (Lipinski definition) is 3. The van der Waals surface area contributed by atoms with Crippen LogP contribution in [-0.4, -0.2) is 19.1 Å². The van der Waals surface area contributed by atoms with E-state index < -0.39 is 5.41 Å². The maximum Gasteiger partial charge on any atom is 0.306 e. The molecule has 0 fully saturated rings. The first kappa shape index (κ1) is 16.3. The van der Waals surface area contributed by atoms with Gasteiger partial charge in [0.1, 0.15) is 0 Å². The van der Waals surface area contributed by atoms with Gasteiger partial charge in [-0.1, -0.05) is 37.0 Å². The molecule has 0 aliphatic rings. The molecule has 5 heteroatoms. The molecule has 0 radical (unpaired) electrons. The molecular weight excluding hydrogens is 285 g/mol. The lowest BCUT2D eigenvalue weighted by Crippen LogP contribution is -2.44. The van der Waals surface area contributed by atoms with Crippen LogP contribution in [0.2, 0.25) is 10.0 Å². The lowest BCUT2D eigenvalue weighted by molar-refractivity contribution is -0.142. The Morgan fingerprint density at radius 2 is 2.11 bits per heavy atom. The predicted octanol–water partition coefficient (Wildman–Crippen LogP) is 3.55. The lowest BCUT2D eigenvalue weighted by atomic mass is 9.72. The summed E-state index contributed by atoms with van der Waals surface area (Å²) in [5.41, 5.74) is 6.37. The normalized spacial score (nSPS) is 15.7. The van der Waals surface area contributed by atoms with Crippen molar-refractivity contribution in [2.45, 2.75) is 38.1 Å². The van der Waals surface area contributed by atoms with Crippen LogP contribution in [0, 0.1) is 0 Å². The van der Waals surface area contributed by atoms with E-state index in [4.69, 9.17) is 33.7 Å². The number of benzene rings is 1. The van der Waals surface area contributed by atoms with Gasteiger partial charge in [0.15, 0.2) is 0 Å². The topological polar surface area (TPSA) is 52.3 Å². The van der Waals surface area contributed by atoms with E-state index in [1.807, 2.05) is 13.8 Å². The van der Waals surface area contributed by atoms with Crippen molar-refractivity contribution >= 4 is 29.2 Å². The molecule has 0 amide bonds. The number of rotatable bonds is 5. The van der Waals surface area contributed by atoms with Crippen molar-refractivity contribution in [2.24, 2.45) is 5.73 Å². The van der Waals surface area contributed by atoms with Gasteiger partial charge in [-0.25, -0.2) is 0 Å². The fourth-order valence-corrected chi connectivity index (χ4v) is 2.69. The van der Waals surface area contributed by atoms with E-state index in [2.05, 4.69) is 0 Å². The smallest absolute Gasteiger partial charge is 0.306 e. The van der Waals surface area contributed by atoms with Crippen LogP contribution in [0.1, 0.15) is 32.3 Å². The van der Waals surface area contributed by atoms with Crippen LogP contribution < -0.4 is 5.73 Å². The SMILES string of the molecule is CCC(N)C(C)(CC(=O)OC)c1cc(Cl)ccc1Cl. The highest BCUT2D eigenvalue weighted by Gasteiger charge is 2.37. The number of methoxy groups -OCH3 is 1. The molecule has 2 unspecified atom stereocenters. The standard InChI is InChI=1S/C14H19Cl2NO2/c1-4-12(17)14(2,8-13(18)19-3)10-7-9(15)5-6-11(10)16/h5-7,12H,4,8,17H2,1-3H3. The Labute approximate surface area is 124 Å². The molecule has 0 aliphatic heterocycles. The summed E-state index contributed by atoms with van der Waals surface area (Å²) in [5.74, 6) is -0.317. The highest BCUT2D eigenvalue weighted by atomic mass is 35.5. The van der Waals surface area contributed by atoms with Gasteiger partial charge in [-0.05, 0) is 30.2 Å². The predicted molar refractivity (Wildman–Crippen MR) is 78.7 cm³/mol. The molecule has 0 saturated heterocycles. The first-order valence-corrected chi connectivity index (χ1v) is 6.88. The summed E-state index contributed by atoms with van der Waals surface area (Å²) in [4.78, 5) is 11.7.